The molecule has 0 aromatic carbocycles. The van der Waals surface area contributed by atoms with Gasteiger partial charge in [0.25, 0.3) is 0 Å². The van der Waals surface area contributed by atoms with Crippen molar-refractivity contribution in [3.63, 3.8) is 0 Å². The number of hydrogen-bond donors (Lipinski definition) is 1. The zero-order valence-corrected chi connectivity index (χ0v) is 17.8. The average Bonchev–Trinajstić information content (AvgIpc) is 2.99. The number of hydrogen-bond acceptors (Lipinski definition) is 4. The average molecular weight is 465 g/mol. The summed E-state index contributed by atoms with van der Waals surface area (Å²) in [5.74, 6) is -0.160. The van der Waals surface area contributed by atoms with E-state index in [0.29, 0.717) is 31.1 Å². The number of Topliss-reactive ketones (excluding diaryl/α,β-unsaturated/α-hetero) is 1. The lowest BCUT2D eigenvalue weighted by Gasteiger charge is -2.41. The minimum atomic E-state index is -4.89. The van der Waals surface area contributed by atoms with Gasteiger partial charge in [0.1, 0.15) is 22.8 Å². The Morgan fingerprint density at radius 3 is 2.31 bits per heavy atom. The van der Waals surface area contributed by atoms with Gasteiger partial charge in [0, 0.05) is 24.8 Å². The van der Waals surface area contributed by atoms with Crippen LogP contribution < -0.4 is 0 Å². The molecule has 0 saturated heterocycles. The summed E-state index contributed by atoms with van der Waals surface area (Å²) in [5.41, 5.74) is -3.96. The number of rotatable bonds is 8. The van der Waals surface area contributed by atoms with E-state index in [4.69, 9.17) is 0 Å². The van der Waals surface area contributed by atoms with E-state index in [1.165, 1.54) is 6.07 Å². The molecule has 1 fully saturated rings. The smallest absolute Gasteiger partial charge is 0.380 e. The molecule has 3 rings (SSSR count). The Balaban J connectivity index is 1.72. The normalized spacial score (nSPS) is 18.4. The van der Waals surface area contributed by atoms with Crippen molar-refractivity contribution in [2.75, 3.05) is 0 Å². The third-order valence-electron chi connectivity index (χ3n) is 6.09. The summed E-state index contributed by atoms with van der Waals surface area (Å²) in [5, 5.41) is 9.43. The lowest BCUT2D eigenvalue weighted by molar-refractivity contribution is -0.253. The van der Waals surface area contributed by atoms with Gasteiger partial charge < -0.3 is 9.67 Å². The first-order valence-corrected chi connectivity index (χ1v) is 10.4. The molecule has 1 aliphatic rings. The maximum absolute atomic E-state index is 13.1. The number of alkyl halides is 6. The Morgan fingerprint density at radius 2 is 1.78 bits per heavy atom. The maximum atomic E-state index is 13.1. The number of nitrogens with zero attached hydrogens (tertiary/aromatic N) is 3. The molecule has 5 nitrogen and oxygen atoms in total. The van der Waals surface area contributed by atoms with Gasteiger partial charge in [-0.05, 0) is 58.1 Å². The van der Waals surface area contributed by atoms with Crippen LogP contribution >= 0.6 is 0 Å². The fourth-order valence-corrected chi connectivity index (χ4v) is 3.99. The summed E-state index contributed by atoms with van der Waals surface area (Å²) in [6, 6.07) is 2.17. The molecule has 1 atom stereocenters. The summed E-state index contributed by atoms with van der Waals surface area (Å²) in [6.45, 7) is 2.50. The number of halogens is 6. The maximum Gasteiger partial charge on any atom is 0.433 e. The predicted octanol–water partition coefficient (Wildman–Crippen LogP) is 5.33. The van der Waals surface area contributed by atoms with Crippen LogP contribution in [0.15, 0.2) is 12.1 Å². The van der Waals surface area contributed by atoms with E-state index in [9.17, 15) is 36.2 Å². The number of aromatic nitrogens is 3. The number of pyridine rings is 1. The minimum absolute atomic E-state index is 0.139. The number of aryl methyl sites for hydroxylation is 1. The number of imidazole rings is 1. The van der Waals surface area contributed by atoms with Crippen molar-refractivity contribution in [1.82, 2.24) is 14.5 Å². The Labute approximate surface area is 180 Å². The van der Waals surface area contributed by atoms with Crippen molar-refractivity contribution in [2.24, 2.45) is 0 Å². The van der Waals surface area contributed by atoms with E-state index in [0.717, 1.165) is 25.3 Å². The van der Waals surface area contributed by atoms with Crippen molar-refractivity contribution in [1.29, 1.82) is 0 Å². The molecule has 0 spiro atoms. The number of carbonyl (C=O) groups excluding carboxylic acids is 1. The Morgan fingerprint density at radius 1 is 1.12 bits per heavy atom. The summed E-state index contributed by atoms with van der Waals surface area (Å²) < 4.78 is 79.3. The zero-order chi connectivity index (χ0) is 23.9. The molecule has 1 saturated carbocycles. The van der Waals surface area contributed by atoms with Crippen LogP contribution in [0.4, 0.5) is 26.3 Å². The standard InChI is InChI=1S/C21H25F6N3O2/c1-18(10-5-11-18)30-16(28-14-8-9-15(20(22,23)24)29-17(14)30)7-4-3-6-13(31)12-19(2,32)21(25,26)27/h8-9,32H,3-7,10-12H2,1-2H3/t19-/m0/s1. The molecule has 32 heavy (non-hydrogen) atoms. The first-order chi connectivity index (χ1) is 14.6. The highest BCUT2D eigenvalue weighted by atomic mass is 19.4. The number of ketones is 1. The van der Waals surface area contributed by atoms with Crippen LogP contribution in [0.3, 0.4) is 0 Å². The second-order valence-electron chi connectivity index (χ2n) is 8.95. The van der Waals surface area contributed by atoms with Gasteiger partial charge in [0.05, 0.1) is 0 Å². The van der Waals surface area contributed by atoms with Crippen LogP contribution in [0.5, 0.6) is 0 Å². The van der Waals surface area contributed by atoms with Gasteiger partial charge in [0.2, 0.25) is 0 Å². The molecule has 1 aliphatic carbocycles. The second-order valence-corrected chi connectivity index (χ2v) is 8.95. The van der Waals surface area contributed by atoms with Gasteiger partial charge in [-0.3, -0.25) is 4.79 Å². The molecule has 2 heterocycles. The van der Waals surface area contributed by atoms with Crippen molar-refractivity contribution < 1.29 is 36.2 Å². The molecular formula is C21H25F6N3O2. The lowest BCUT2D eigenvalue weighted by Crippen LogP contribution is -2.43. The van der Waals surface area contributed by atoms with Crippen LogP contribution in [0.1, 0.15) is 70.3 Å². The molecule has 0 aliphatic heterocycles. The number of fused-ring (bicyclic) bond motifs is 1. The molecular weight excluding hydrogens is 440 g/mol. The summed E-state index contributed by atoms with van der Waals surface area (Å²) in [4.78, 5) is 20.1. The van der Waals surface area contributed by atoms with Gasteiger partial charge in [-0.15, -0.1) is 0 Å². The zero-order valence-electron chi connectivity index (χ0n) is 17.8. The van der Waals surface area contributed by atoms with E-state index < -0.39 is 41.4 Å². The molecule has 0 radical (unpaired) electrons. The molecule has 178 valence electrons. The molecule has 2 aromatic rings. The summed E-state index contributed by atoms with van der Waals surface area (Å²) in [6.07, 6.45) is -7.13. The highest BCUT2D eigenvalue weighted by Gasteiger charge is 2.50. The van der Waals surface area contributed by atoms with E-state index in [2.05, 4.69) is 9.97 Å². The number of aliphatic hydroxyl groups is 1. The molecule has 2 aromatic heterocycles. The van der Waals surface area contributed by atoms with Crippen LogP contribution in [0, 0.1) is 0 Å². The lowest BCUT2D eigenvalue weighted by atomic mass is 9.78. The van der Waals surface area contributed by atoms with Gasteiger partial charge in [-0.2, -0.15) is 26.3 Å². The van der Waals surface area contributed by atoms with E-state index in [1.54, 1.807) is 4.57 Å². The summed E-state index contributed by atoms with van der Waals surface area (Å²) >= 11 is 0. The second kappa shape index (κ2) is 8.31. The van der Waals surface area contributed by atoms with Gasteiger partial charge in [0.15, 0.2) is 11.2 Å². The van der Waals surface area contributed by atoms with E-state index >= 15 is 0 Å². The first-order valence-electron chi connectivity index (χ1n) is 10.4. The highest BCUT2D eigenvalue weighted by molar-refractivity contribution is 5.79. The number of carbonyl (C=O) groups is 1. The van der Waals surface area contributed by atoms with Crippen molar-refractivity contribution >= 4 is 16.9 Å². The predicted molar refractivity (Wildman–Crippen MR) is 104 cm³/mol. The quantitative estimate of drug-likeness (QED) is 0.423. The van der Waals surface area contributed by atoms with Crippen LogP contribution in [0.25, 0.3) is 11.2 Å². The topological polar surface area (TPSA) is 68.0 Å². The van der Waals surface area contributed by atoms with Crippen molar-refractivity contribution in [3.8, 4) is 0 Å². The third-order valence-corrected chi connectivity index (χ3v) is 6.09. The van der Waals surface area contributed by atoms with Crippen LogP contribution in [0.2, 0.25) is 0 Å². The van der Waals surface area contributed by atoms with E-state index in [1.807, 2.05) is 6.92 Å². The first kappa shape index (κ1) is 24.5. The third kappa shape index (κ3) is 4.92. The molecule has 11 heteroatoms. The monoisotopic (exact) mass is 465 g/mol. The largest absolute Gasteiger partial charge is 0.433 e. The number of unbranched alkanes of at least 4 members (excludes halogenated alkanes) is 1. The fraction of sp³-hybridized carbons (Fsp3) is 0.667. The van der Waals surface area contributed by atoms with Crippen molar-refractivity contribution in [3.05, 3.63) is 23.7 Å². The SMILES string of the molecule is CC1(n2c(CCCCC(=O)C[C@](C)(O)C(F)(F)F)nc3ccc(C(F)(F)F)nc32)CCC1. The molecule has 1 N–H and O–H groups in total. The Kier molecular flexibility index (Phi) is 6.36. The van der Waals surface area contributed by atoms with Crippen molar-refractivity contribution in [2.45, 2.75) is 88.7 Å². The highest BCUT2D eigenvalue weighted by Crippen LogP contribution is 2.42. The van der Waals surface area contributed by atoms with Gasteiger partial charge in [-0.1, -0.05) is 0 Å². The Hall–Kier alpha value is -2.17. The van der Waals surface area contributed by atoms with Crippen LogP contribution in [-0.2, 0) is 22.9 Å². The van der Waals surface area contributed by atoms with Crippen LogP contribution in [-0.4, -0.2) is 37.2 Å². The molecule has 0 amide bonds. The molecule has 0 bridgehead atoms. The van der Waals surface area contributed by atoms with Gasteiger partial charge >= 0.3 is 12.4 Å². The van der Waals surface area contributed by atoms with E-state index in [-0.39, 0.29) is 18.5 Å². The minimum Gasteiger partial charge on any atom is -0.380 e. The summed E-state index contributed by atoms with van der Waals surface area (Å²) in [7, 11) is 0. The molecule has 0 unspecified atom stereocenters. The Bertz CT molecular complexity index is 990. The van der Waals surface area contributed by atoms with Gasteiger partial charge in [-0.25, -0.2) is 9.97 Å². The fourth-order valence-electron chi connectivity index (χ4n) is 3.99.